The third-order valence-electron chi connectivity index (χ3n) is 4.24. The molecule has 0 aliphatic rings. The molecule has 0 bridgehead atoms. The van der Waals surface area contributed by atoms with Gasteiger partial charge in [-0.15, -0.1) is 0 Å². The quantitative estimate of drug-likeness (QED) is 0.224. The molecular weight excluding hydrogens is 442 g/mol. The number of nitrogens with zero attached hydrogens (tertiary/aromatic N) is 3. The molecule has 2 rings (SSSR count). The number of hydrogen-bond donors (Lipinski definition) is 5. The highest BCUT2D eigenvalue weighted by Gasteiger charge is 2.14. The van der Waals surface area contributed by atoms with E-state index in [1.54, 1.807) is 12.1 Å². The van der Waals surface area contributed by atoms with Crippen molar-refractivity contribution in [2.75, 3.05) is 55.5 Å². The monoisotopic (exact) mass is 475 g/mol. The molecule has 1 aromatic heterocycles. The van der Waals surface area contributed by atoms with Gasteiger partial charge in [0.05, 0.1) is 26.4 Å². The largest absolute Gasteiger partial charge is 0.480 e. The van der Waals surface area contributed by atoms with Gasteiger partial charge in [-0.05, 0) is 32.9 Å². The molecule has 2 aromatic rings. The van der Waals surface area contributed by atoms with Crippen LogP contribution in [0.4, 0.5) is 17.8 Å². The molecule has 1 aromatic carbocycles. The van der Waals surface area contributed by atoms with Crippen LogP contribution >= 0.6 is 0 Å². The highest BCUT2D eigenvalue weighted by Crippen LogP contribution is 2.11. The van der Waals surface area contributed by atoms with Crippen molar-refractivity contribution in [1.29, 1.82) is 0 Å². The fourth-order valence-electron chi connectivity index (χ4n) is 2.58. The minimum absolute atomic E-state index is 0.0926. The molecule has 34 heavy (non-hydrogen) atoms. The first-order valence-corrected chi connectivity index (χ1v) is 11.1. The molecule has 1 heterocycles. The summed E-state index contributed by atoms with van der Waals surface area (Å²) in [7, 11) is 0. The second kappa shape index (κ2) is 14.6. The van der Waals surface area contributed by atoms with Gasteiger partial charge in [-0.1, -0.05) is 18.2 Å². The van der Waals surface area contributed by atoms with E-state index < -0.39 is 12.0 Å². The number of carbonyl (C=O) groups excluding carboxylic acids is 1. The average molecular weight is 476 g/mol. The van der Waals surface area contributed by atoms with Crippen molar-refractivity contribution < 1.29 is 24.2 Å². The molecule has 0 unspecified atom stereocenters. The van der Waals surface area contributed by atoms with Crippen LogP contribution in [0.1, 0.15) is 31.1 Å². The molecule has 0 fully saturated rings. The van der Waals surface area contributed by atoms with Gasteiger partial charge in [0, 0.05) is 24.7 Å². The van der Waals surface area contributed by atoms with E-state index in [2.05, 4.69) is 36.2 Å². The maximum absolute atomic E-state index is 11.9. The van der Waals surface area contributed by atoms with Crippen LogP contribution in [-0.2, 0) is 14.3 Å². The molecule has 0 aliphatic heterocycles. The fourth-order valence-corrected chi connectivity index (χ4v) is 2.58. The van der Waals surface area contributed by atoms with E-state index in [-0.39, 0.29) is 17.9 Å². The maximum Gasteiger partial charge on any atom is 0.325 e. The summed E-state index contributed by atoms with van der Waals surface area (Å²) in [4.78, 5) is 35.7. The summed E-state index contributed by atoms with van der Waals surface area (Å²) in [5.74, 6) is -0.354. The van der Waals surface area contributed by atoms with E-state index in [4.69, 9.17) is 14.6 Å². The Morgan fingerprint density at radius 2 is 1.44 bits per heavy atom. The predicted octanol–water partition coefficient (Wildman–Crippen LogP) is 1.45. The lowest BCUT2D eigenvalue weighted by molar-refractivity contribution is -0.137. The number of amides is 1. The molecule has 1 atom stereocenters. The minimum atomic E-state index is -1.01. The van der Waals surface area contributed by atoms with Gasteiger partial charge in [0.2, 0.25) is 17.8 Å². The molecule has 12 nitrogen and oxygen atoms in total. The van der Waals surface area contributed by atoms with Crippen molar-refractivity contribution in [2.45, 2.75) is 32.9 Å². The minimum Gasteiger partial charge on any atom is -0.480 e. The third-order valence-corrected chi connectivity index (χ3v) is 4.24. The molecule has 0 saturated carbocycles. The number of ether oxygens (including phenoxy) is 2. The summed E-state index contributed by atoms with van der Waals surface area (Å²) in [5, 5.41) is 20.7. The summed E-state index contributed by atoms with van der Waals surface area (Å²) >= 11 is 0. The number of carboxylic acid groups (broad SMARTS) is 1. The zero-order valence-corrected chi connectivity index (χ0v) is 19.7. The van der Waals surface area contributed by atoms with Crippen molar-refractivity contribution in [3.05, 3.63) is 35.9 Å². The number of anilines is 3. The number of aromatic nitrogens is 3. The van der Waals surface area contributed by atoms with Crippen molar-refractivity contribution in [2.24, 2.45) is 0 Å². The van der Waals surface area contributed by atoms with Gasteiger partial charge in [-0.2, -0.15) is 15.0 Å². The molecule has 0 aliphatic carbocycles. The predicted molar refractivity (Wildman–Crippen MR) is 128 cm³/mol. The van der Waals surface area contributed by atoms with E-state index in [0.717, 1.165) is 0 Å². The standard InChI is InChI=1S/C22H33N7O5/c1-15(2)25-21-27-20(28-22(29-21)26-16(3)19(31)32)24-10-12-34-14-13-33-11-9-23-18(30)17-7-5-4-6-8-17/h4-8,15-16H,9-14H2,1-3H3,(H,23,30)(H,31,32)(H3,24,25,26,27,28,29)/t16-/m0/s1. The van der Waals surface area contributed by atoms with Crippen molar-refractivity contribution in [3.8, 4) is 0 Å². The van der Waals surface area contributed by atoms with Crippen LogP contribution in [-0.4, -0.2) is 83.5 Å². The van der Waals surface area contributed by atoms with Crippen LogP contribution in [0.25, 0.3) is 0 Å². The molecule has 1 amide bonds. The summed E-state index contributed by atoms with van der Waals surface area (Å²) < 4.78 is 11.0. The zero-order chi connectivity index (χ0) is 24.8. The Balaban J connectivity index is 1.63. The number of nitrogens with one attached hydrogen (secondary N) is 4. The average Bonchev–Trinajstić information content (AvgIpc) is 2.80. The van der Waals surface area contributed by atoms with Gasteiger partial charge in [-0.3, -0.25) is 9.59 Å². The second-order valence-corrected chi connectivity index (χ2v) is 7.58. The van der Waals surface area contributed by atoms with Crippen LogP contribution in [0.5, 0.6) is 0 Å². The van der Waals surface area contributed by atoms with Crippen LogP contribution < -0.4 is 21.3 Å². The number of rotatable bonds is 16. The number of aliphatic carboxylic acids is 1. The Labute approximate surface area is 198 Å². The van der Waals surface area contributed by atoms with Crippen LogP contribution in [0.3, 0.4) is 0 Å². The van der Waals surface area contributed by atoms with Crippen molar-refractivity contribution in [1.82, 2.24) is 20.3 Å². The SMILES string of the molecule is CC(C)Nc1nc(NCCOCCOCCNC(=O)c2ccccc2)nc(N[C@@H](C)C(=O)O)n1. The normalized spacial score (nSPS) is 11.6. The fraction of sp³-hybridized carbons (Fsp3) is 0.500. The van der Waals surface area contributed by atoms with Crippen LogP contribution in [0, 0.1) is 0 Å². The lowest BCUT2D eigenvalue weighted by Crippen LogP contribution is -2.27. The van der Waals surface area contributed by atoms with E-state index in [9.17, 15) is 9.59 Å². The Morgan fingerprint density at radius 1 is 0.853 bits per heavy atom. The first kappa shape index (κ1) is 26.7. The highest BCUT2D eigenvalue weighted by molar-refractivity contribution is 5.94. The smallest absolute Gasteiger partial charge is 0.325 e. The second-order valence-electron chi connectivity index (χ2n) is 7.58. The molecule has 5 N–H and O–H groups in total. The Bertz CT molecular complexity index is 898. The summed E-state index contributed by atoms with van der Waals surface area (Å²) in [6, 6.07) is 8.24. The van der Waals surface area contributed by atoms with Crippen LogP contribution in [0.15, 0.2) is 30.3 Å². The Hall–Kier alpha value is -3.51. The van der Waals surface area contributed by atoms with Gasteiger partial charge < -0.3 is 35.8 Å². The van der Waals surface area contributed by atoms with Crippen molar-refractivity contribution >= 4 is 29.7 Å². The molecule has 12 heteroatoms. The molecular formula is C22H33N7O5. The van der Waals surface area contributed by atoms with Gasteiger partial charge >= 0.3 is 5.97 Å². The molecule has 186 valence electrons. The van der Waals surface area contributed by atoms with Gasteiger partial charge in [0.15, 0.2) is 0 Å². The maximum atomic E-state index is 11.9. The van der Waals surface area contributed by atoms with Gasteiger partial charge in [0.25, 0.3) is 5.91 Å². The topological polar surface area (TPSA) is 160 Å². The van der Waals surface area contributed by atoms with E-state index >= 15 is 0 Å². The molecule has 0 radical (unpaired) electrons. The van der Waals surface area contributed by atoms with E-state index in [1.807, 2.05) is 32.0 Å². The van der Waals surface area contributed by atoms with Crippen molar-refractivity contribution in [3.63, 3.8) is 0 Å². The Kier molecular flexibility index (Phi) is 11.5. The molecule has 0 spiro atoms. The lowest BCUT2D eigenvalue weighted by atomic mass is 10.2. The number of carboxylic acids is 1. The van der Waals surface area contributed by atoms with E-state index in [1.165, 1.54) is 6.92 Å². The number of hydrogen-bond acceptors (Lipinski definition) is 10. The third kappa shape index (κ3) is 10.4. The Morgan fingerprint density at radius 3 is 2.06 bits per heavy atom. The summed E-state index contributed by atoms with van der Waals surface area (Å²) in [5.41, 5.74) is 0.614. The highest BCUT2D eigenvalue weighted by atomic mass is 16.5. The zero-order valence-electron chi connectivity index (χ0n) is 19.7. The lowest BCUT2D eigenvalue weighted by Gasteiger charge is -2.14. The first-order chi connectivity index (χ1) is 16.3. The number of carbonyl (C=O) groups is 2. The van der Waals surface area contributed by atoms with E-state index in [0.29, 0.717) is 57.0 Å². The van der Waals surface area contributed by atoms with Crippen LogP contribution in [0.2, 0.25) is 0 Å². The van der Waals surface area contributed by atoms with Gasteiger partial charge in [-0.25, -0.2) is 0 Å². The molecule has 0 saturated heterocycles. The van der Waals surface area contributed by atoms with Gasteiger partial charge in [0.1, 0.15) is 6.04 Å². The summed E-state index contributed by atoms with van der Waals surface area (Å²) in [6.45, 7) is 7.81. The number of benzene rings is 1. The first-order valence-electron chi connectivity index (χ1n) is 11.1. The summed E-state index contributed by atoms with van der Waals surface area (Å²) in [6.07, 6.45) is 0.